The molecule has 0 aliphatic rings. The smallest absolute Gasteiger partial charge is 0.305 e. The minimum absolute atomic E-state index is 0.00269. The normalized spacial score (nSPS) is 11.9. The number of aromatic amines is 1. The molecular weight excluding hydrogens is 248 g/mol. The Hall–Kier alpha value is -2.11. The zero-order valence-electron chi connectivity index (χ0n) is 11.0. The van der Waals surface area contributed by atoms with Gasteiger partial charge in [0.1, 0.15) is 5.56 Å². The summed E-state index contributed by atoms with van der Waals surface area (Å²) in [5, 5.41) is 11.4. The average molecular weight is 266 g/mol. The molecule has 1 heterocycles. The lowest BCUT2D eigenvalue weighted by Crippen LogP contribution is -2.38. The van der Waals surface area contributed by atoms with Crippen LogP contribution in [0.5, 0.6) is 0 Å². The Morgan fingerprint density at radius 3 is 2.63 bits per heavy atom. The highest BCUT2D eigenvalue weighted by atomic mass is 16.4. The van der Waals surface area contributed by atoms with Crippen LogP contribution >= 0.6 is 0 Å². The van der Waals surface area contributed by atoms with Crippen LogP contribution in [-0.2, 0) is 4.79 Å². The molecule has 1 atom stereocenters. The molecule has 0 fully saturated rings. The van der Waals surface area contributed by atoms with Crippen molar-refractivity contribution in [3.8, 4) is 0 Å². The van der Waals surface area contributed by atoms with Gasteiger partial charge in [-0.1, -0.05) is 13.3 Å². The molecule has 0 aliphatic carbocycles. The van der Waals surface area contributed by atoms with Gasteiger partial charge in [0.15, 0.2) is 0 Å². The zero-order chi connectivity index (χ0) is 14.4. The average Bonchev–Trinajstić information content (AvgIpc) is 2.27. The summed E-state index contributed by atoms with van der Waals surface area (Å²) in [5.41, 5.74) is 0.192. The van der Waals surface area contributed by atoms with Gasteiger partial charge in [-0.3, -0.25) is 14.4 Å². The second-order valence-corrected chi connectivity index (χ2v) is 4.44. The number of aryl methyl sites for hydroxylation is 1. The summed E-state index contributed by atoms with van der Waals surface area (Å²) in [6.07, 6.45) is 1.16. The summed E-state index contributed by atoms with van der Waals surface area (Å²) in [6, 6.07) is 2.60. The summed E-state index contributed by atoms with van der Waals surface area (Å²) in [7, 11) is 0. The van der Waals surface area contributed by atoms with E-state index in [-0.39, 0.29) is 12.0 Å². The van der Waals surface area contributed by atoms with Gasteiger partial charge in [-0.05, 0) is 25.5 Å². The fraction of sp³-hybridized carbons (Fsp3) is 0.462. The fourth-order valence-electron chi connectivity index (χ4n) is 1.80. The quantitative estimate of drug-likeness (QED) is 0.716. The lowest BCUT2D eigenvalue weighted by atomic mass is 10.1. The third-order valence-corrected chi connectivity index (χ3v) is 2.69. The Balaban J connectivity index is 2.81. The molecule has 3 N–H and O–H groups in total. The predicted molar refractivity (Wildman–Crippen MR) is 70.2 cm³/mol. The third-order valence-electron chi connectivity index (χ3n) is 2.69. The van der Waals surface area contributed by atoms with Crippen LogP contribution in [0.4, 0.5) is 0 Å². The van der Waals surface area contributed by atoms with Crippen molar-refractivity contribution in [2.45, 2.75) is 39.2 Å². The molecule has 1 aromatic rings. The predicted octanol–water partition coefficient (Wildman–Crippen LogP) is 1.06. The van der Waals surface area contributed by atoms with Gasteiger partial charge in [0, 0.05) is 11.7 Å². The van der Waals surface area contributed by atoms with E-state index in [1.54, 1.807) is 13.0 Å². The fourth-order valence-corrected chi connectivity index (χ4v) is 1.80. The number of hydrogen-bond acceptors (Lipinski definition) is 3. The van der Waals surface area contributed by atoms with Crippen molar-refractivity contribution in [3.05, 3.63) is 33.7 Å². The van der Waals surface area contributed by atoms with E-state index in [0.717, 1.165) is 6.42 Å². The van der Waals surface area contributed by atoms with Gasteiger partial charge < -0.3 is 15.4 Å². The van der Waals surface area contributed by atoms with Gasteiger partial charge in [-0.15, -0.1) is 0 Å². The van der Waals surface area contributed by atoms with Gasteiger partial charge >= 0.3 is 5.97 Å². The molecule has 0 radical (unpaired) electrons. The summed E-state index contributed by atoms with van der Waals surface area (Å²) in [5.74, 6) is -1.52. The number of amides is 1. The topological polar surface area (TPSA) is 99.3 Å². The summed E-state index contributed by atoms with van der Waals surface area (Å²) < 4.78 is 0. The first-order valence-electron chi connectivity index (χ1n) is 6.16. The number of carboxylic acids is 1. The molecule has 19 heavy (non-hydrogen) atoms. The summed E-state index contributed by atoms with van der Waals surface area (Å²) in [4.78, 5) is 36.8. The Morgan fingerprint density at radius 1 is 1.42 bits per heavy atom. The van der Waals surface area contributed by atoms with Crippen molar-refractivity contribution in [3.63, 3.8) is 0 Å². The molecule has 1 rings (SSSR count). The molecule has 0 bridgehead atoms. The number of aromatic nitrogens is 1. The molecule has 0 saturated carbocycles. The first-order chi connectivity index (χ1) is 8.93. The number of pyridine rings is 1. The van der Waals surface area contributed by atoms with Crippen molar-refractivity contribution in [1.82, 2.24) is 10.3 Å². The van der Waals surface area contributed by atoms with E-state index >= 15 is 0 Å². The minimum Gasteiger partial charge on any atom is -0.481 e. The standard InChI is InChI=1S/C13H18N2O4/c1-3-4-9(7-11(16)17)15-13(19)10-6-5-8(2)14-12(10)18/h5-6,9H,3-4,7H2,1-2H3,(H,14,18)(H,15,19)(H,16,17). The number of nitrogens with one attached hydrogen (secondary N) is 2. The molecule has 0 aromatic carbocycles. The molecule has 104 valence electrons. The molecule has 1 aromatic heterocycles. The van der Waals surface area contributed by atoms with E-state index in [1.165, 1.54) is 6.07 Å². The lowest BCUT2D eigenvalue weighted by Gasteiger charge is -2.15. The summed E-state index contributed by atoms with van der Waals surface area (Å²) in [6.45, 7) is 3.62. The number of carbonyl (C=O) groups excluding carboxylic acids is 1. The maximum absolute atomic E-state index is 11.9. The molecule has 6 nitrogen and oxygen atoms in total. The van der Waals surface area contributed by atoms with Crippen molar-refractivity contribution < 1.29 is 14.7 Å². The second kappa shape index (κ2) is 6.72. The largest absolute Gasteiger partial charge is 0.481 e. The number of carboxylic acid groups (broad SMARTS) is 1. The van der Waals surface area contributed by atoms with Crippen molar-refractivity contribution >= 4 is 11.9 Å². The maximum Gasteiger partial charge on any atom is 0.305 e. The molecule has 1 amide bonds. The van der Waals surface area contributed by atoms with E-state index in [1.807, 2.05) is 6.92 Å². The molecule has 0 spiro atoms. The van der Waals surface area contributed by atoms with Crippen LogP contribution in [0.1, 0.15) is 42.2 Å². The number of H-pyrrole nitrogens is 1. The van der Waals surface area contributed by atoms with Crippen molar-refractivity contribution in [2.24, 2.45) is 0 Å². The Kier molecular flexibility index (Phi) is 5.29. The highest BCUT2D eigenvalue weighted by Gasteiger charge is 2.17. The minimum atomic E-state index is -0.975. The van der Waals surface area contributed by atoms with Crippen LogP contribution in [0.15, 0.2) is 16.9 Å². The van der Waals surface area contributed by atoms with Crippen LogP contribution in [0.3, 0.4) is 0 Å². The van der Waals surface area contributed by atoms with Gasteiger partial charge in [0.25, 0.3) is 11.5 Å². The van der Waals surface area contributed by atoms with Crippen LogP contribution in [0.2, 0.25) is 0 Å². The first kappa shape index (κ1) is 14.9. The molecule has 1 unspecified atom stereocenters. The Morgan fingerprint density at radius 2 is 2.11 bits per heavy atom. The molecular formula is C13H18N2O4. The van der Waals surface area contributed by atoms with E-state index < -0.39 is 23.5 Å². The SMILES string of the molecule is CCCC(CC(=O)O)NC(=O)c1ccc(C)[nH]c1=O. The van der Waals surface area contributed by atoms with E-state index in [2.05, 4.69) is 10.3 Å². The number of rotatable bonds is 6. The van der Waals surface area contributed by atoms with Crippen LogP contribution in [0, 0.1) is 6.92 Å². The van der Waals surface area contributed by atoms with Gasteiger partial charge in [-0.2, -0.15) is 0 Å². The summed E-state index contributed by atoms with van der Waals surface area (Å²) >= 11 is 0. The molecule has 0 aliphatic heterocycles. The Labute approximate surface area is 110 Å². The number of carbonyl (C=O) groups is 2. The van der Waals surface area contributed by atoms with Gasteiger partial charge in [-0.25, -0.2) is 0 Å². The van der Waals surface area contributed by atoms with E-state index in [0.29, 0.717) is 12.1 Å². The number of aliphatic carboxylic acids is 1. The number of hydrogen-bond donors (Lipinski definition) is 3. The van der Waals surface area contributed by atoms with Crippen LogP contribution < -0.4 is 10.9 Å². The maximum atomic E-state index is 11.9. The first-order valence-corrected chi connectivity index (χ1v) is 6.16. The monoisotopic (exact) mass is 266 g/mol. The lowest BCUT2D eigenvalue weighted by molar-refractivity contribution is -0.137. The highest BCUT2D eigenvalue weighted by molar-refractivity contribution is 5.94. The Bertz CT molecular complexity index is 522. The van der Waals surface area contributed by atoms with Crippen molar-refractivity contribution in [2.75, 3.05) is 0 Å². The van der Waals surface area contributed by atoms with Crippen LogP contribution in [-0.4, -0.2) is 28.0 Å². The second-order valence-electron chi connectivity index (χ2n) is 4.44. The van der Waals surface area contributed by atoms with E-state index in [4.69, 9.17) is 5.11 Å². The molecule has 0 saturated heterocycles. The van der Waals surface area contributed by atoms with E-state index in [9.17, 15) is 14.4 Å². The highest BCUT2D eigenvalue weighted by Crippen LogP contribution is 2.03. The van der Waals surface area contributed by atoms with Crippen molar-refractivity contribution in [1.29, 1.82) is 0 Å². The zero-order valence-corrected chi connectivity index (χ0v) is 11.0. The van der Waals surface area contributed by atoms with Gasteiger partial charge in [0.2, 0.25) is 0 Å². The molecule has 6 heteroatoms. The van der Waals surface area contributed by atoms with Gasteiger partial charge in [0.05, 0.1) is 6.42 Å². The third kappa shape index (κ3) is 4.57. The van der Waals surface area contributed by atoms with Crippen LogP contribution in [0.25, 0.3) is 0 Å².